The van der Waals surface area contributed by atoms with Crippen LogP contribution in [0.15, 0.2) is 65.4 Å². The summed E-state index contributed by atoms with van der Waals surface area (Å²) in [5, 5.41) is 9.34. The Kier molecular flexibility index (Phi) is 6.16. The van der Waals surface area contributed by atoms with E-state index in [0.29, 0.717) is 34.5 Å². The van der Waals surface area contributed by atoms with Crippen molar-refractivity contribution in [2.24, 2.45) is 0 Å². The van der Waals surface area contributed by atoms with Crippen LogP contribution < -0.4 is 0 Å². The molecule has 0 saturated carbocycles. The van der Waals surface area contributed by atoms with Gasteiger partial charge in [0, 0.05) is 24.5 Å². The number of rotatable bonds is 4. The molecule has 38 heavy (non-hydrogen) atoms. The van der Waals surface area contributed by atoms with Gasteiger partial charge < -0.3 is 4.52 Å². The molecule has 0 bridgehead atoms. The highest BCUT2D eigenvalue weighted by atomic mass is 19.4. The van der Waals surface area contributed by atoms with E-state index >= 15 is 0 Å². The van der Waals surface area contributed by atoms with E-state index in [1.54, 1.807) is 10.7 Å². The summed E-state index contributed by atoms with van der Waals surface area (Å²) in [6.45, 7) is 4.29. The number of aryl methyl sites for hydroxylation is 1. The van der Waals surface area contributed by atoms with E-state index in [1.165, 1.54) is 12.1 Å². The lowest BCUT2D eigenvalue weighted by molar-refractivity contribution is -0.137. The summed E-state index contributed by atoms with van der Waals surface area (Å²) in [7, 11) is 0. The number of nitrogens with zero attached hydrogens (tertiary/aromatic N) is 4. The Hall–Kier alpha value is -4.09. The maximum atomic E-state index is 13.7. The summed E-state index contributed by atoms with van der Waals surface area (Å²) in [6, 6.07) is 14.0. The number of halogens is 3. The maximum Gasteiger partial charge on any atom is 0.416 e. The molecule has 0 radical (unpaired) electrons. The predicted molar refractivity (Wildman–Crippen MR) is 139 cm³/mol. The topological polar surface area (TPSA) is 46.6 Å². The minimum absolute atomic E-state index is 0.230. The monoisotopic (exact) mass is 514 g/mol. The highest BCUT2D eigenvalue weighted by Crippen LogP contribution is 2.33. The van der Waals surface area contributed by atoms with E-state index in [4.69, 9.17) is 4.52 Å². The third kappa shape index (κ3) is 4.77. The molecule has 0 amide bonds. The van der Waals surface area contributed by atoms with Crippen molar-refractivity contribution in [3.63, 3.8) is 0 Å². The number of aromatic nitrogens is 3. The number of fused-ring (bicyclic) bond motifs is 2. The largest absolute Gasteiger partial charge is 0.416 e. The van der Waals surface area contributed by atoms with Crippen molar-refractivity contribution in [2.45, 2.75) is 38.9 Å². The molecular weight excluding hydrogens is 489 g/mol. The number of hydrogen-bond donors (Lipinski definition) is 0. The molecular formula is C30H25F3N4O. The molecule has 0 atom stereocenters. The first kappa shape index (κ1) is 24.3. The molecule has 6 rings (SSSR count). The SMILES string of the molecule is Cc1ccc2c(Cc3cc(CN4CCCC4)cc(C(F)(F)F)c3)noc2c1C#Cc1cnn2ccccc12. The number of alkyl halides is 3. The van der Waals surface area contributed by atoms with Gasteiger partial charge in [-0.15, -0.1) is 0 Å². The summed E-state index contributed by atoms with van der Waals surface area (Å²) >= 11 is 0. The Bertz CT molecular complexity index is 1700. The van der Waals surface area contributed by atoms with Crippen LogP contribution in [0.3, 0.4) is 0 Å². The third-order valence-electron chi connectivity index (χ3n) is 7.03. The van der Waals surface area contributed by atoms with Gasteiger partial charge in [0.25, 0.3) is 0 Å². The average Bonchev–Trinajstić information content (AvgIpc) is 3.64. The van der Waals surface area contributed by atoms with Crippen LogP contribution in [0, 0.1) is 18.8 Å². The van der Waals surface area contributed by atoms with E-state index in [2.05, 4.69) is 27.0 Å². The van der Waals surface area contributed by atoms with Gasteiger partial charge in [0.2, 0.25) is 0 Å². The number of hydrogen-bond acceptors (Lipinski definition) is 4. The highest BCUT2D eigenvalue weighted by Gasteiger charge is 2.31. The van der Waals surface area contributed by atoms with Gasteiger partial charge in [-0.1, -0.05) is 35.2 Å². The first-order chi connectivity index (χ1) is 18.3. The Balaban J connectivity index is 1.35. The van der Waals surface area contributed by atoms with E-state index in [-0.39, 0.29) is 6.42 Å². The molecule has 5 nitrogen and oxygen atoms in total. The Labute approximate surface area is 217 Å². The second-order valence-corrected chi connectivity index (χ2v) is 9.80. The van der Waals surface area contributed by atoms with Gasteiger partial charge in [-0.05, 0) is 79.9 Å². The average molecular weight is 515 g/mol. The molecule has 8 heteroatoms. The Morgan fingerprint density at radius 2 is 1.82 bits per heavy atom. The molecule has 5 aromatic rings. The fourth-order valence-electron chi connectivity index (χ4n) is 5.11. The molecule has 192 valence electrons. The van der Waals surface area contributed by atoms with Crippen molar-refractivity contribution in [1.82, 2.24) is 19.7 Å². The van der Waals surface area contributed by atoms with Gasteiger partial charge in [-0.3, -0.25) is 4.90 Å². The molecule has 0 N–H and O–H groups in total. The smallest absolute Gasteiger partial charge is 0.355 e. The number of benzene rings is 2. The van der Waals surface area contributed by atoms with Gasteiger partial charge in [0.15, 0.2) is 5.58 Å². The lowest BCUT2D eigenvalue weighted by Crippen LogP contribution is -2.19. The van der Waals surface area contributed by atoms with E-state index in [1.807, 2.05) is 49.5 Å². The summed E-state index contributed by atoms with van der Waals surface area (Å²) in [6.07, 6.45) is 1.56. The fraction of sp³-hybridized carbons (Fsp3) is 0.267. The van der Waals surface area contributed by atoms with Crippen molar-refractivity contribution >= 4 is 16.5 Å². The summed E-state index contributed by atoms with van der Waals surface area (Å²) in [5.41, 5.74) is 5.04. The second kappa shape index (κ2) is 9.66. The molecule has 0 spiro atoms. The summed E-state index contributed by atoms with van der Waals surface area (Å²) in [4.78, 5) is 2.20. The molecule has 1 fully saturated rings. The predicted octanol–water partition coefficient (Wildman–Crippen LogP) is 6.39. The van der Waals surface area contributed by atoms with Crippen LogP contribution in [0.4, 0.5) is 13.2 Å². The van der Waals surface area contributed by atoms with E-state index < -0.39 is 11.7 Å². The third-order valence-corrected chi connectivity index (χ3v) is 7.03. The molecule has 4 heterocycles. The highest BCUT2D eigenvalue weighted by molar-refractivity contribution is 5.86. The maximum absolute atomic E-state index is 13.7. The minimum atomic E-state index is -4.42. The van der Waals surface area contributed by atoms with Crippen LogP contribution in [0.2, 0.25) is 0 Å². The first-order valence-corrected chi connectivity index (χ1v) is 12.6. The van der Waals surface area contributed by atoms with Crippen LogP contribution in [-0.4, -0.2) is 32.8 Å². The zero-order valence-corrected chi connectivity index (χ0v) is 20.8. The molecule has 0 unspecified atom stereocenters. The van der Waals surface area contributed by atoms with Crippen molar-refractivity contribution in [3.05, 3.63) is 100.0 Å². The van der Waals surface area contributed by atoms with Crippen molar-refractivity contribution in [2.75, 3.05) is 13.1 Å². The van der Waals surface area contributed by atoms with Gasteiger partial charge in [0.1, 0.15) is 0 Å². The lowest BCUT2D eigenvalue weighted by Gasteiger charge is -2.17. The van der Waals surface area contributed by atoms with Crippen LogP contribution in [0.25, 0.3) is 16.5 Å². The molecule has 2 aromatic carbocycles. The van der Waals surface area contributed by atoms with Crippen molar-refractivity contribution in [3.8, 4) is 11.8 Å². The van der Waals surface area contributed by atoms with Crippen LogP contribution in [0.1, 0.15) is 51.9 Å². The molecule has 1 saturated heterocycles. The Morgan fingerprint density at radius 1 is 1.00 bits per heavy atom. The van der Waals surface area contributed by atoms with Crippen molar-refractivity contribution in [1.29, 1.82) is 0 Å². The fourth-order valence-corrected chi connectivity index (χ4v) is 5.11. The number of likely N-dealkylation sites (tertiary alicyclic amines) is 1. The van der Waals surface area contributed by atoms with Gasteiger partial charge in [-0.25, -0.2) is 4.52 Å². The first-order valence-electron chi connectivity index (χ1n) is 12.6. The van der Waals surface area contributed by atoms with Gasteiger partial charge in [0.05, 0.1) is 34.1 Å². The molecule has 1 aliphatic heterocycles. The van der Waals surface area contributed by atoms with E-state index in [0.717, 1.165) is 48.0 Å². The standard InChI is InChI=1S/C30H25F3N4O/c1-20-7-9-26-27(17-21-14-22(19-36-11-4-5-12-36)16-24(15-21)30(31,32)33)35-38-29(26)25(20)10-8-23-18-34-37-13-3-2-6-28(23)37/h2-3,6-7,9,13-16,18H,4-5,11-12,17,19H2,1H3. The van der Waals surface area contributed by atoms with Crippen LogP contribution >= 0.6 is 0 Å². The van der Waals surface area contributed by atoms with Gasteiger partial charge in [-0.2, -0.15) is 18.3 Å². The van der Waals surface area contributed by atoms with Gasteiger partial charge >= 0.3 is 6.18 Å². The lowest BCUT2D eigenvalue weighted by atomic mass is 9.99. The molecule has 1 aliphatic rings. The number of pyridine rings is 1. The second-order valence-electron chi connectivity index (χ2n) is 9.80. The minimum Gasteiger partial charge on any atom is -0.355 e. The quantitative estimate of drug-likeness (QED) is 0.261. The van der Waals surface area contributed by atoms with Crippen LogP contribution in [0.5, 0.6) is 0 Å². The zero-order valence-electron chi connectivity index (χ0n) is 20.8. The Morgan fingerprint density at radius 3 is 2.63 bits per heavy atom. The van der Waals surface area contributed by atoms with E-state index in [9.17, 15) is 13.2 Å². The molecule has 0 aliphatic carbocycles. The van der Waals surface area contributed by atoms with Crippen molar-refractivity contribution < 1.29 is 17.7 Å². The van der Waals surface area contributed by atoms with Crippen LogP contribution in [-0.2, 0) is 19.1 Å². The normalized spacial score (nSPS) is 14.3. The zero-order chi connectivity index (χ0) is 26.3. The summed E-state index contributed by atoms with van der Waals surface area (Å²) in [5.74, 6) is 6.41. The molecule has 3 aromatic heterocycles. The summed E-state index contributed by atoms with van der Waals surface area (Å²) < 4.78 is 48.6.